The van der Waals surface area contributed by atoms with Crippen molar-refractivity contribution in [2.45, 2.75) is 12.4 Å². The maximum absolute atomic E-state index is 12.3. The van der Waals surface area contributed by atoms with Crippen LogP contribution in [0.2, 0.25) is 0 Å². The van der Waals surface area contributed by atoms with Gasteiger partial charge >= 0.3 is 18.3 Å². The summed E-state index contributed by atoms with van der Waals surface area (Å²) in [7, 11) is 0. The predicted octanol–water partition coefficient (Wildman–Crippen LogP) is 2.50. The van der Waals surface area contributed by atoms with Gasteiger partial charge in [-0.3, -0.25) is 10.1 Å². The van der Waals surface area contributed by atoms with Crippen molar-refractivity contribution in [1.82, 2.24) is 0 Å². The minimum Gasteiger partial charge on any atom is -0.380 e. The van der Waals surface area contributed by atoms with Crippen molar-refractivity contribution in [3.63, 3.8) is 0 Å². The lowest BCUT2D eigenvalue weighted by atomic mass is 10.1. The zero-order valence-corrected chi connectivity index (χ0v) is 11.3. The van der Waals surface area contributed by atoms with Crippen molar-refractivity contribution < 1.29 is 40.9 Å². The molecule has 0 bridgehead atoms. The van der Waals surface area contributed by atoms with Crippen LogP contribution in [0, 0.1) is 16.0 Å². The van der Waals surface area contributed by atoms with Gasteiger partial charge in [0.1, 0.15) is 0 Å². The van der Waals surface area contributed by atoms with Crippen molar-refractivity contribution >= 4 is 17.5 Å². The lowest BCUT2D eigenvalue weighted by Crippen LogP contribution is -2.43. The zero-order valence-electron chi connectivity index (χ0n) is 11.3. The van der Waals surface area contributed by atoms with E-state index in [1.165, 1.54) is 0 Å². The van der Waals surface area contributed by atoms with Gasteiger partial charge in [0.25, 0.3) is 5.69 Å². The fourth-order valence-electron chi connectivity index (χ4n) is 1.41. The topological polar surface area (TPSA) is 108 Å². The normalized spacial score (nSPS) is 13.0. The number of nitrogens with two attached hydrogens (primary N) is 1. The first-order chi connectivity index (χ1) is 10.8. The Morgan fingerprint density at radius 3 is 1.96 bits per heavy atom. The van der Waals surface area contributed by atoms with E-state index in [9.17, 15) is 41.3 Å². The first-order valence-corrected chi connectivity index (χ1v) is 5.76. The number of nitro groups is 1. The molecule has 0 aliphatic carbocycles. The van der Waals surface area contributed by atoms with E-state index in [2.05, 4.69) is 9.99 Å². The minimum atomic E-state index is -5.92. The number of alkyl halides is 6. The fraction of sp³-hybridized carbons (Fsp3) is 0.273. The Balaban J connectivity index is 2.93. The highest BCUT2D eigenvalue weighted by molar-refractivity contribution is 5.97. The minimum absolute atomic E-state index is 0.121. The number of halogens is 6. The van der Waals surface area contributed by atoms with E-state index in [1.54, 1.807) is 0 Å². The maximum atomic E-state index is 12.3. The van der Waals surface area contributed by atoms with Crippen molar-refractivity contribution in [3.8, 4) is 0 Å². The van der Waals surface area contributed by atoms with Gasteiger partial charge in [-0.05, 0) is 12.1 Å². The number of nitrogens with zero attached hydrogens (tertiary/aromatic N) is 2. The SMILES string of the molecule is N/C(=N\OC(=O)C(C(F)(F)F)C(F)(F)F)c1ccc([N+](=O)[O-])cc1. The summed E-state index contributed by atoms with van der Waals surface area (Å²) in [6, 6.07) is 3.92. The number of oxime groups is 1. The summed E-state index contributed by atoms with van der Waals surface area (Å²) in [5.74, 6) is -7.83. The molecule has 0 aliphatic rings. The Morgan fingerprint density at radius 1 is 1.12 bits per heavy atom. The standard InChI is InChI=1S/C11H7F6N3O4/c12-10(13,14)7(11(15,16)17)9(21)24-19-8(18)5-1-3-6(4-2-5)20(22)23/h1-4,7H,(H2,18,19). The van der Waals surface area contributed by atoms with Gasteiger partial charge in [-0.25, -0.2) is 4.79 Å². The molecule has 0 amide bonds. The molecule has 0 fully saturated rings. The summed E-state index contributed by atoms with van der Waals surface area (Å²) in [6.45, 7) is 0. The second-order valence-electron chi connectivity index (χ2n) is 4.21. The molecule has 132 valence electrons. The number of amidine groups is 1. The first kappa shape index (κ1) is 19.2. The second-order valence-corrected chi connectivity index (χ2v) is 4.21. The molecule has 7 nitrogen and oxygen atoms in total. The molecule has 13 heteroatoms. The molecule has 0 atom stereocenters. The summed E-state index contributed by atoms with van der Waals surface area (Å²) in [5.41, 5.74) is 4.76. The largest absolute Gasteiger partial charge is 0.411 e. The van der Waals surface area contributed by atoms with Gasteiger partial charge in [0.2, 0.25) is 5.92 Å². The molecule has 0 aromatic heterocycles. The third kappa shape index (κ3) is 4.82. The number of benzene rings is 1. The van der Waals surface area contributed by atoms with Gasteiger partial charge < -0.3 is 10.6 Å². The average molecular weight is 359 g/mol. The van der Waals surface area contributed by atoms with Gasteiger partial charge in [-0.15, -0.1) is 0 Å². The van der Waals surface area contributed by atoms with Gasteiger partial charge in [0.15, 0.2) is 5.84 Å². The molecule has 0 saturated heterocycles. The molecule has 1 aromatic carbocycles. The molecule has 24 heavy (non-hydrogen) atoms. The number of hydrogen-bond donors (Lipinski definition) is 1. The summed E-state index contributed by atoms with van der Waals surface area (Å²) in [4.78, 5) is 24.3. The highest BCUT2D eigenvalue weighted by atomic mass is 19.4. The molecular formula is C11H7F6N3O4. The molecular weight excluding hydrogens is 352 g/mol. The quantitative estimate of drug-likeness (QED) is 0.222. The second kappa shape index (κ2) is 6.72. The lowest BCUT2D eigenvalue weighted by Gasteiger charge is -2.19. The molecule has 2 N–H and O–H groups in total. The summed E-state index contributed by atoms with van der Waals surface area (Å²) < 4.78 is 73.6. The van der Waals surface area contributed by atoms with E-state index >= 15 is 0 Å². The Labute approximate surface area is 128 Å². The number of nitro benzene ring substituents is 1. The smallest absolute Gasteiger partial charge is 0.380 e. The van der Waals surface area contributed by atoms with Crippen LogP contribution in [0.25, 0.3) is 0 Å². The zero-order chi connectivity index (χ0) is 18.7. The van der Waals surface area contributed by atoms with Gasteiger partial charge in [-0.1, -0.05) is 5.16 Å². The predicted molar refractivity (Wildman–Crippen MR) is 65.5 cm³/mol. The fourth-order valence-corrected chi connectivity index (χ4v) is 1.41. The van der Waals surface area contributed by atoms with Crippen LogP contribution in [0.5, 0.6) is 0 Å². The Kier molecular flexibility index (Phi) is 5.37. The van der Waals surface area contributed by atoms with Gasteiger partial charge in [0.05, 0.1) is 4.92 Å². The maximum Gasteiger partial charge on any atom is 0.411 e. The highest BCUT2D eigenvalue weighted by Crippen LogP contribution is 2.39. The highest BCUT2D eigenvalue weighted by Gasteiger charge is 2.62. The van der Waals surface area contributed by atoms with Crippen molar-refractivity contribution in [2.24, 2.45) is 16.8 Å². The number of carbonyl (C=O) groups is 1. The molecule has 1 aromatic rings. The van der Waals surface area contributed by atoms with E-state index in [0.29, 0.717) is 0 Å². The van der Waals surface area contributed by atoms with Crippen LogP contribution in [-0.2, 0) is 9.63 Å². The number of rotatable bonds is 4. The number of hydrogen-bond acceptors (Lipinski definition) is 5. The van der Waals surface area contributed by atoms with Crippen LogP contribution < -0.4 is 5.73 Å². The molecule has 1 rings (SSSR count). The van der Waals surface area contributed by atoms with Crippen LogP contribution >= 0.6 is 0 Å². The first-order valence-electron chi connectivity index (χ1n) is 5.76. The van der Waals surface area contributed by atoms with Crippen molar-refractivity contribution in [1.29, 1.82) is 0 Å². The summed E-state index contributed by atoms with van der Waals surface area (Å²) >= 11 is 0. The molecule has 0 unspecified atom stereocenters. The van der Waals surface area contributed by atoms with Gasteiger partial charge in [-0.2, -0.15) is 26.3 Å². The van der Waals surface area contributed by atoms with E-state index in [0.717, 1.165) is 24.3 Å². The van der Waals surface area contributed by atoms with Crippen molar-refractivity contribution in [2.75, 3.05) is 0 Å². The molecule has 0 aliphatic heterocycles. The van der Waals surface area contributed by atoms with Crippen LogP contribution in [-0.4, -0.2) is 29.1 Å². The molecule has 0 heterocycles. The monoisotopic (exact) mass is 359 g/mol. The Hall–Kier alpha value is -2.86. The Bertz CT molecular complexity index is 639. The van der Waals surface area contributed by atoms with Crippen molar-refractivity contribution in [3.05, 3.63) is 39.9 Å². The molecule has 0 saturated carbocycles. The van der Waals surface area contributed by atoms with E-state index in [4.69, 9.17) is 5.73 Å². The third-order valence-corrected chi connectivity index (χ3v) is 2.50. The van der Waals surface area contributed by atoms with Crippen LogP contribution in [0.4, 0.5) is 32.0 Å². The number of carbonyl (C=O) groups excluding carboxylic acids is 1. The summed E-state index contributed by atoms with van der Waals surface area (Å²) in [5, 5.41) is 13.1. The average Bonchev–Trinajstić information content (AvgIpc) is 2.41. The molecule has 0 radical (unpaired) electrons. The van der Waals surface area contributed by atoms with E-state index in [1.807, 2.05) is 0 Å². The number of non-ortho nitro benzene ring substituents is 1. The lowest BCUT2D eigenvalue weighted by molar-refractivity contribution is -0.384. The molecule has 0 spiro atoms. The summed E-state index contributed by atoms with van der Waals surface area (Å²) in [6.07, 6.45) is -11.8. The van der Waals surface area contributed by atoms with E-state index < -0.39 is 35.0 Å². The third-order valence-electron chi connectivity index (χ3n) is 2.50. The van der Waals surface area contributed by atoms with E-state index in [-0.39, 0.29) is 11.3 Å². The van der Waals surface area contributed by atoms with Crippen LogP contribution in [0.15, 0.2) is 29.4 Å². The van der Waals surface area contributed by atoms with Crippen LogP contribution in [0.3, 0.4) is 0 Å². The van der Waals surface area contributed by atoms with Gasteiger partial charge in [0, 0.05) is 17.7 Å². The Morgan fingerprint density at radius 2 is 1.58 bits per heavy atom. The van der Waals surface area contributed by atoms with Crippen LogP contribution in [0.1, 0.15) is 5.56 Å².